The van der Waals surface area contributed by atoms with Crippen LogP contribution in [-0.2, 0) is 0 Å². The van der Waals surface area contributed by atoms with Crippen molar-refractivity contribution in [2.75, 3.05) is 18.0 Å². The van der Waals surface area contributed by atoms with Gasteiger partial charge in [0.1, 0.15) is 0 Å². The van der Waals surface area contributed by atoms with E-state index in [0.29, 0.717) is 17.3 Å². The Balaban J connectivity index is 2.00. The van der Waals surface area contributed by atoms with Crippen molar-refractivity contribution in [3.05, 3.63) is 5.89 Å². The molecule has 0 radical (unpaired) electrons. The monoisotopic (exact) mass is 252 g/mol. The van der Waals surface area contributed by atoms with Gasteiger partial charge in [0.15, 0.2) is 0 Å². The lowest BCUT2D eigenvalue weighted by atomic mass is 9.74. The van der Waals surface area contributed by atoms with Gasteiger partial charge in [-0.25, -0.2) is 0 Å². The highest BCUT2D eigenvalue weighted by Gasteiger charge is 2.32. The maximum absolute atomic E-state index is 5.73. The summed E-state index contributed by atoms with van der Waals surface area (Å²) in [6, 6.07) is 0.435. The molecule has 1 atom stereocenters. The van der Waals surface area contributed by atoms with Gasteiger partial charge in [0.25, 0.3) is 0 Å². The minimum Gasteiger partial charge on any atom is -0.406 e. The largest absolute Gasteiger partial charge is 0.406 e. The van der Waals surface area contributed by atoms with Gasteiger partial charge in [0, 0.05) is 13.1 Å². The first-order valence-electron chi connectivity index (χ1n) is 6.94. The van der Waals surface area contributed by atoms with Crippen LogP contribution in [0.5, 0.6) is 0 Å². The van der Waals surface area contributed by atoms with E-state index in [1.165, 1.54) is 25.7 Å². The second-order valence-corrected chi connectivity index (χ2v) is 5.41. The quantitative estimate of drug-likeness (QED) is 0.891. The van der Waals surface area contributed by atoms with Crippen LogP contribution in [0.15, 0.2) is 4.42 Å². The molecular formula is C13H24N4O. The highest BCUT2D eigenvalue weighted by atomic mass is 16.4. The number of nitrogens with two attached hydrogens (primary N) is 1. The summed E-state index contributed by atoms with van der Waals surface area (Å²) in [6.45, 7) is 8.44. The molecule has 1 fully saturated rings. The van der Waals surface area contributed by atoms with Gasteiger partial charge in [-0.05, 0) is 25.2 Å². The number of anilines is 1. The molecule has 0 amide bonds. The lowest BCUT2D eigenvalue weighted by Gasteiger charge is -2.40. The molecule has 1 aromatic heterocycles. The molecule has 0 spiro atoms. The van der Waals surface area contributed by atoms with Gasteiger partial charge in [0.05, 0.1) is 6.04 Å². The average molecular weight is 252 g/mol. The van der Waals surface area contributed by atoms with E-state index < -0.39 is 0 Å². The zero-order valence-corrected chi connectivity index (χ0v) is 11.6. The fraction of sp³-hybridized carbons (Fsp3) is 0.846. The van der Waals surface area contributed by atoms with Crippen LogP contribution < -0.4 is 10.6 Å². The number of hydrogen-bond donors (Lipinski definition) is 1. The van der Waals surface area contributed by atoms with Gasteiger partial charge in [-0.2, -0.15) is 0 Å². The van der Waals surface area contributed by atoms with Crippen LogP contribution >= 0.6 is 0 Å². The van der Waals surface area contributed by atoms with Crippen molar-refractivity contribution in [1.29, 1.82) is 0 Å². The van der Waals surface area contributed by atoms with Crippen LogP contribution in [0.25, 0.3) is 0 Å². The van der Waals surface area contributed by atoms with Crippen molar-refractivity contribution in [3.8, 4) is 0 Å². The summed E-state index contributed by atoms with van der Waals surface area (Å²) in [5.41, 5.74) is 6.24. The third-order valence-electron chi connectivity index (χ3n) is 4.41. The first-order chi connectivity index (χ1) is 8.60. The van der Waals surface area contributed by atoms with E-state index in [1.54, 1.807) is 0 Å². The first-order valence-corrected chi connectivity index (χ1v) is 6.94. The summed E-state index contributed by atoms with van der Waals surface area (Å²) in [7, 11) is 0. The highest BCUT2D eigenvalue weighted by molar-refractivity contribution is 5.25. The summed E-state index contributed by atoms with van der Waals surface area (Å²) in [5.74, 6) is 0.521. The van der Waals surface area contributed by atoms with E-state index in [2.05, 4.69) is 28.9 Å². The van der Waals surface area contributed by atoms with Crippen LogP contribution in [0.4, 0.5) is 6.01 Å². The van der Waals surface area contributed by atoms with Crippen LogP contribution in [-0.4, -0.2) is 23.3 Å². The Hall–Kier alpha value is -1.10. The van der Waals surface area contributed by atoms with Gasteiger partial charge in [-0.1, -0.05) is 31.8 Å². The Morgan fingerprint density at radius 1 is 1.28 bits per heavy atom. The molecule has 2 N–H and O–H groups in total. The van der Waals surface area contributed by atoms with Crippen LogP contribution in [0, 0.1) is 5.41 Å². The molecule has 5 nitrogen and oxygen atoms in total. The number of nitrogens with zero attached hydrogens (tertiary/aromatic N) is 3. The number of rotatable bonds is 4. The first kappa shape index (κ1) is 13.3. The lowest BCUT2D eigenvalue weighted by molar-refractivity contribution is 0.196. The molecule has 2 heterocycles. The molecule has 2 rings (SSSR count). The maximum Gasteiger partial charge on any atom is 0.318 e. The van der Waals surface area contributed by atoms with Crippen molar-refractivity contribution in [2.24, 2.45) is 11.1 Å². The van der Waals surface area contributed by atoms with Gasteiger partial charge < -0.3 is 15.1 Å². The van der Waals surface area contributed by atoms with Crippen LogP contribution in [0.1, 0.15) is 58.4 Å². The van der Waals surface area contributed by atoms with Crippen molar-refractivity contribution in [2.45, 2.75) is 52.5 Å². The number of aromatic nitrogens is 2. The van der Waals surface area contributed by atoms with Crippen molar-refractivity contribution in [1.82, 2.24) is 10.2 Å². The van der Waals surface area contributed by atoms with Crippen molar-refractivity contribution in [3.63, 3.8) is 0 Å². The summed E-state index contributed by atoms with van der Waals surface area (Å²) in [6.07, 6.45) is 4.92. The minimum absolute atomic E-state index is 0.193. The molecule has 1 aliphatic rings. The third-order valence-corrected chi connectivity index (χ3v) is 4.41. The van der Waals surface area contributed by atoms with Crippen LogP contribution in [0.3, 0.4) is 0 Å². The summed E-state index contributed by atoms with van der Waals surface area (Å²) < 4.78 is 5.60. The molecule has 102 valence electrons. The Labute approximate surface area is 109 Å². The molecular weight excluding hydrogens is 228 g/mol. The van der Waals surface area contributed by atoms with E-state index in [0.717, 1.165) is 13.1 Å². The SMILES string of the molecule is CCC1(CC)CCN(c2nnc(C(C)N)o2)CC1. The summed E-state index contributed by atoms with van der Waals surface area (Å²) >= 11 is 0. The second-order valence-electron chi connectivity index (χ2n) is 5.41. The Morgan fingerprint density at radius 2 is 1.89 bits per heavy atom. The molecule has 0 saturated carbocycles. The summed E-state index contributed by atoms with van der Waals surface area (Å²) in [4.78, 5) is 2.18. The Bertz CT molecular complexity index is 374. The molecule has 5 heteroatoms. The molecule has 0 aliphatic carbocycles. The smallest absolute Gasteiger partial charge is 0.318 e. The van der Waals surface area contributed by atoms with E-state index in [9.17, 15) is 0 Å². The normalized spacial score (nSPS) is 21.0. The maximum atomic E-state index is 5.73. The zero-order valence-electron chi connectivity index (χ0n) is 11.6. The predicted octanol–water partition coefficient (Wildman–Crippen LogP) is 2.50. The lowest BCUT2D eigenvalue weighted by Crippen LogP contribution is -2.39. The van der Waals surface area contributed by atoms with E-state index in [4.69, 9.17) is 10.2 Å². The minimum atomic E-state index is -0.193. The van der Waals surface area contributed by atoms with Crippen molar-refractivity contribution < 1.29 is 4.42 Å². The van der Waals surface area contributed by atoms with E-state index >= 15 is 0 Å². The Morgan fingerprint density at radius 3 is 2.33 bits per heavy atom. The molecule has 1 saturated heterocycles. The average Bonchev–Trinajstić information content (AvgIpc) is 2.88. The molecule has 0 bridgehead atoms. The zero-order chi connectivity index (χ0) is 13.2. The van der Waals surface area contributed by atoms with Gasteiger partial charge in [0.2, 0.25) is 5.89 Å². The van der Waals surface area contributed by atoms with Gasteiger partial charge in [-0.15, -0.1) is 5.10 Å². The Kier molecular flexibility index (Phi) is 3.90. The third kappa shape index (κ3) is 2.51. The molecule has 1 aromatic rings. The fourth-order valence-electron chi connectivity index (χ4n) is 2.67. The van der Waals surface area contributed by atoms with Gasteiger partial charge in [-0.3, -0.25) is 0 Å². The highest BCUT2D eigenvalue weighted by Crippen LogP contribution is 2.38. The van der Waals surface area contributed by atoms with Crippen molar-refractivity contribution >= 4 is 6.01 Å². The molecule has 18 heavy (non-hydrogen) atoms. The molecule has 1 aliphatic heterocycles. The number of hydrogen-bond acceptors (Lipinski definition) is 5. The summed E-state index contributed by atoms with van der Waals surface area (Å²) in [5, 5.41) is 8.07. The fourth-order valence-corrected chi connectivity index (χ4v) is 2.67. The van der Waals surface area contributed by atoms with Crippen LogP contribution in [0.2, 0.25) is 0 Å². The van der Waals surface area contributed by atoms with E-state index in [-0.39, 0.29) is 6.04 Å². The predicted molar refractivity (Wildman–Crippen MR) is 71.4 cm³/mol. The molecule has 1 unspecified atom stereocenters. The number of piperidine rings is 1. The standard InChI is InChI=1S/C13H24N4O/c1-4-13(5-2)6-8-17(9-7-13)12-16-15-11(18-12)10(3)14/h10H,4-9,14H2,1-3H3. The van der Waals surface area contributed by atoms with E-state index in [1.807, 2.05) is 6.92 Å². The molecule has 0 aromatic carbocycles. The second kappa shape index (κ2) is 5.26. The topological polar surface area (TPSA) is 68.2 Å². The van der Waals surface area contributed by atoms with Gasteiger partial charge >= 0.3 is 6.01 Å².